The van der Waals surface area contributed by atoms with Crippen LogP contribution in [0.15, 0.2) is 18.5 Å². The molecule has 8 heteroatoms. The molecular formula is C8H6FN5OS. The molecule has 0 aromatic carbocycles. The predicted octanol–water partition coefficient (Wildman–Crippen LogP) is 0.907. The van der Waals surface area contributed by atoms with Gasteiger partial charge < -0.3 is 11.1 Å². The predicted molar refractivity (Wildman–Crippen MR) is 56.5 cm³/mol. The number of carbonyl (C=O) groups excluding carboxylic acids is 1. The van der Waals surface area contributed by atoms with Crippen LogP contribution in [0.4, 0.5) is 15.2 Å². The van der Waals surface area contributed by atoms with Gasteiger partial charge in [-0.3, -0.25) is 4.79 Å². The number of anilines is 2. The second-order valence-corrected chi connectivity index (χ2v) is 3.61. The first-order valence-electron chi connectivity index (χ1n) is 4.16. The van der Waals surface area contributed by atoms with E-state index in [0.717, 1.165) is 23.8 Å². The quantitative estimate of drug-likeness (QED) is 0.812. The summed E-state index contributed by atoms with van der Waals surface area (Å²) in [7, 11) is 0. The summed E-state index contributed by atoms with van der Waals surface area (Å²) in [5.74, 6) is -1.20. The van der Waals surface area contributed by atoms with E-state index in [4.69, 9.17) is 5.73 Å². The third-order valence-corrected chi connectivity index (χ3v) is 2.31. The minimum Gasteiger partial charge on any atom is -0.383 e. The number of nitrogens with two attached hydrogens (primary N) is 1. The molecule has 3 N–H and O–H groups in total. The highest BCUT2D eigenvalue weighted by Crippen LogP contribution is 2.15. The molecule has 2 aromatic heterocycles. The van der Waals surface area contributed by atoms with Crippen molar-refractivity contribution in [3.8, 4) is 0 Å². The Balaban J connectivity index is 2.24. The fraction of sp³-hybridized carbons (Fsp3) is 0. The molecule has 0 aliphatic heterocycles. The van der Waals surface area contributed by atoms with Crippen LogP contribution < -0.4 is 11.1 Å². The molecule has 0 aliphatic carbocycles. The fourth-order valence-corrected chi connectivity index (χ4v) is 1.45. The topological polar surface area (TPSA) is 93.8 Å². The van der Waals surface area contributed by atoms with E-state index in [1.165, 1.54) is 6.20 Å². The molecule has 1 amide bonds. The summed E-state index contributed by atoms with van der Waals surface area (Å²) in [6.45, 7) is 0. The van der Waals surface area contributed by atoms with Crippen LogP contribution in [0.1, 0.15) is 10.4 Å². The van der Waals surface area contributed by atoms with Crippen molar-refractivity contribution in [1.82, 2.24) is 14.6 Å². The Morgan fingerprint density at radius 3 is 3.00 bits per heavy atom. The number of hydrogen-bond acceptors (Lipinski definition) is 6. The van der Waals surface area contributed by atoms with Crippen molar-refractivity contribution in [2.75, 3.05) is 11.1 Å². The van der Waals surface area contributed by atoms with Crippen molar-refractivity contribution >= 4 is 28.3 Å². The van der Waals surface area contributed by atoms with Crippen LogP contribution in [-0.2, 0) is 0 Å². The van der Waals surface area contributed by atoms with Gasteiger partial charge >= 0.3 is 0 Å². The van der Waals surface area contributed by atoms with Gasteiger partial charge in [0.15, 0.2) is 0 Å². The van der Waals surface area contributed by atoms with E-state index in [1.807, 2.05) is 0 Å². The summed E-state index contributed by atoms with van der Waals surface area (Å²) in [5, 5.41) is 6.47. The van der Waals surface area contributed by atoms with Crippen molar-refractivity contribution in [2.45, 2.75) is 0 Å². The Morgan fingerprint density at radius 2 is 2.31 bits per heavy atom. The van der Waals surface area contributed by atoms with Gasteiger partial charge in [0.25, 0.3) is 5.91 Å². The van der Waals surface area contributed by atoms with E-state index >= 15 is 0 Å². The minimum atomic E-state index is -0.623. The molecule has 2 aromatic rings. The summed E-state index contributed by atoms with van der Waals surface area (Å²) < 4.78 is 16.4. The maximum Gasteiger partial charge on any atom is 0.260 e. The number of rotatable bonds is 2. The highest BCUT2D eigenvalue weighted by molar-refractivity contribution is 7.10. The lowest BCUT2D eigenvalue weighted by Gasteiger charge is -2.03. The normalized spacial score (nSPS) is 10.1. The number of nitrogens with one attached hydrogen (secondary N) is 1. The lowest BCUT2D eigenvalue weighted by atomic mass is 10.2. The van der Waals surface area contributed by atoms with Crippen molar-refractivity contribution in [1.29, 1.82) is 0 Å². The monoisotopic (exact) mass is 239 g/mol. The first-order chi connectivity index (χ1) is 7.66. The maximum absolute atomic E-state index is 12.9. The first kappa shape index (κ1) is 10.4. The van der Waals surface area contributed by atoms with Crippen molar-refractivity contribution in [3.63, 3.8) is 0 Å². The number of pyridine rings is 1. The van der Waals surface area contributed by atoms with Crippen LogP contribution in [0.2, 0.25) is 0 Å². The fourth-order valence-electron chi connectivity index (χ4n) is 1.03. The molecule has 0 atom stereocenters. The molecule has 16 heavy (non-hydrogen) atoms. The molecule has 0 saturated carbocycles. The molecule has 2 rings (SSSR count). The van der Waals surface area contributed by atoms with Crippen LogP contribution in [0.25, 0.3) is 0 Å². The van der Waals surface area contributed by atoms with Crippen molar-refractivity contribution < 1.29 is 9.18 Å². The molecule has 0 saturated heterocycles. The summed E-state index contributed by atoms with van der Waals surface area (Å²) in [6, 6.07) is 1.02. The number of carbonyl (C=O) groups is 1. The number of nitrogen functional groups attached to an aromatic ring is 1. The molecule has 2 heterocycles. The van der Waals surface area contributed by atoms with Crippen LogP contribution in [-0.4, -0.2) is 20.5 Å². The molecule has 82 valence electrons. The average Bonchev–Trinajstić information content (AvgIpc) is 2.74. The molecule has 0 radical (unpaired) electrons. The van der Waals surface area contributed by atoms with E-state index in [-0.39, 0.29) is 11.4 Å². The lowest BCUT2D eigenvalue weighted by Crippen LogP contribution is -2.14. The Labute approximate surface area is 93.5 Å². The zero-order valence-corrected chi connectivity index (χ0v) is 8.66. The Kier molecular flexibility index (Phi) is 2.73. The van der Waals surface area contributed by atoms with Crippen LogP contribution in [0.5, 0.6) is 0 Å². The van der Waals surface area contributed by atoms with Gasteiger partial charge in [-0.2, -0.15) is 0 Å². The van der Waals surface area contributed by atoms with Crippen LogP contribution in [0.3, 0.4) is 0 Å². The Morgan fingerprint density at radius 1 is 1.50 bits per heavy atom. The van der Waals surface area contributed by atoms with Gasteiger partial charge in [0.1, 0.15) is 16.6 Å². The summed E-state index contributed by atoms with van der Waals surface area (Å²) in [5.41, 5.74) is 5.43. The van der Waals surface area contributed by atoms with Gasteiger partial charge in [-0.25, -0.2) is 9.37 Å². The molecule has 0 fully saturated rings. The lowest BCUT2D eigenvalue weighted by molar-refractivity contribution is 0.102. The molecule has 6 nitrogen and oxygen atoms in total. The molecular weight excluding hydrogens is 233 g/mol. The molecule has 0 unspecified atom stereocenters. The van der Waals surface area contributed by atoms with Gasteiger partial charge in [-0.05, 0) is 6.07 Å². The third-order valence-electron chi connectivity index (χ3n) is 1.73. The smallest absolute Gasteiger partial charge is 0.260 e. The van der Waals surface area contributed by atoms with E-state index < -0.39 is 11.7 Å². The second-order valence-electron chi connectivity index (χ2n) is 2.82. The molecule has 0 bridgehead atoms. The Hall–Kier alpha value is -2.09. The number of amides is 1. The van der Waals surface area contributed by atoms with Gasteiger partial charge in [0, 0.05) is 11.5 Å². The van der Waals surface area contributed by atoms with E-state index in [0.29, 0.717) is 5.00 Å². The number of hydrogen-bond donors (Lipinski definition) is 2. The summed E-state index contributed by atoms with van der Waals surface area (Å²) in [6.07, 6.45) is 2.33. The van der Waals surface area contributed by atoms with Crippen molar-refractivity contribution in [3.05, 3.63) is 29.8 Å². The molecule has 0 spiro atoms. The van der Waals surface area contributed by atoms with E-state index in [9.17, 15) is 9.18 Å². The zero-order valence-electron chi connectivity index (χ0n) is 7.85. The van der Waals surface area contributed by atoms with Crippen LogP contribution >= 0.6 is 11.5 Å². The zero-order chi connectivity index (χ0) is 11.5. The van der Waals surface area contributed by atoms with E-state index in [2.05, 4.69) is 19.9 Å². The minimum absolute atomic E-state index is 0.0200. The van der Waals surface area contributed by atoms with Gasteiger partial charge in [0.05, 0.1) is 18.0 Å². The van der Waals surface area contributed by atoms with Gasteiger partial charge in [-0.15, -0.1) is 5.10 Å². The van der Waals surface area contributed by atoms with E-state index in [1.54, 1.807) is 0 Å². The Bertz CT molecular complexity index is 515. The van der Waals surface area contributed by atoms with Crippen molar-refractivity contribution in [2.24, 2.45) is 0 Å². The summed E-state index contributed by atoms with van der Waals surface area (Å²) >= 11 is 1.01. The SMILES string of the molecule is Nc1ncc(F)cc1C(=O)Nc1cnns1. The first-order valence-corrected chi connectivity index (χ1v) is 4.94. The third kappa shape index (κ3) is 2.11. The maximum atomic E-state index is 12.9. The second kappa shape index (κ2) is 4.19. The molecule has 0 aliphatic rings. The standard InChI is InChI=1S/C8H6FN5OS/c9-4-1-5(7(10)11-2-4)8(15)13-6-3-12-14-16-6/h1-3H,(H2,10,11)(H,13,15). The van der Waals surface area contributed by atoms with Gasteiger partial charge in [0.2, 0.25) is 0 Å². The van der Waals surface area contributed by atoms with Crippen LogP contribution in [0, 0.1) is 5.82 Å². The highest BCUT2D eigenvalue weighted by atomic mass is 32.1. The number of halogens is 1. The highest BCUT2D eigenvalue weighted by Gasteiger charge is 2.13. The largest absolute Gasteiger partial charge is 0.383 e. The summed E-state index contributed by atoms with van der Waals surface area (Å²) in [4.78, 5) is 15.2. The van der Waals surface area contributed by atoms with Gasteiger partial charge in [-0.1, -0.05) is 4.49 Å². The average molecular weight is 239 g/mol. The number of nitrogens with zero attached hydrogens (tertiary/aromatic N) is 3. The number of aromatic nitrogens is 3.